The second kappa shape index (κ2) is 7.23. The van der Waals surface area contributed by atoms with Crippen molar-refractivity contribution >= 4 is 34.8 Å². The van der Waals surface area contributed by atoms with Gasteiger partial charge in [-0.2, -0.15) is 0 Å². The SMILES string of the molecule is COc1cc2ncnc(Nc3ccc(C)c(O)c3)c2cc1OC.Cl. The number of methoxy groups -OCH3 is 2. The highest BCUT2D eigenvalue weighted by atomic mass is 35.5. The zero-order valence-corrected chi connectivity index (χ0v) is 14.3. The van der Waals surface area contributed by atoms with Crippen LogP contribution in [0.2, 0.25) is 0 Å². The number of benzene rings is 2. The normalized spacial score (nSPS) is 10.1. The van der Waals surface area contributed by atoms with E-state index >= 15 is 0 Å². The second-order valence-electron chi connectivity index (χ2n) is 5.07. The van der Waals surface area contributed by atoms with Crippen molar-refractivity contribution in [2.45, 2.75) is 6.92 Å². The molecule has 3 rings (SSSR count). The first-order valence-corrected chi connectivity index (χ1v) is 7.05. The molecule has 0 amide bonds. The number of nitrogens with one attached hydrogen (secondary N) is 1. The summed E-state index contributed by atoms with van der Waals surface area (Å²) in [4.78, 5) is 8.55. The number of phenols is 1. The monoisotopic (exact) mass is 347 g/mol. The molecule has 0 radical (unpaired) electrons. The molecule has 24 heavy (non-hydrogen) atoms. The molecule has 0 spiro atoms. The average molecular weight is 348 g/mol. The Morgan fingerprint density at radius 3 is 2.38 bits per heavy atom. The summed E-state index contributed by atoms with van der Waals surface area (Å²) in [6, 6.07) is 9.00. The molecule has 0 unspecified atom stereocenters. The lowest BCUT2D eigenvalue weighted by atomic mass is 10.2. The molecule has 0 aliphatic carbocycles. The van der Waals surface area contributed by atoms with Crippen molar-refractivity contribution in [3.63, 3.8) is 0 Å². The first-order valence-electron chi connectivity index (χ1n) is 7.05. The molecule has 3 aromatic rings. The minimum Gasteiger partial charge on any atom is -0.508 e. The summed E-state index contributed by atoms with van der Waals surface area (Å²) in [6.45, 7) is 1.84. The van der Waals surface area contributed by atoms with Gasteiger partial charge in [-0.3, -0.25) is 0 Å². The first-order chi connectivity index (χ1) is 11.1. The Morgan fingerprint density at radius 2 is 1.71 bits per heavy atom. The van der Waals surface area contributed by atoms with Crippen LogP contribution in [0.25, 0.3) is 10.9 Å². The van der Waals surface area contributed by atoms with Crippen LogP contribution in [0.3, 0.4) is 0 Å². The Bertz CT molecular complexity index is 871. The van der Waals surface area contributed by atoms with Gasteiger partial charge in [0.2, 0.25) is 0 Å². The molecule has 2 N–H and O–H groups in total. The van der Waals surface area contributed by atoms with Gasteiger partial charge in [0.05, 0.1) is 19.7 Å². The van der Waals surface area contributed by atoms with E-state index in [0.717, 1.165) is 22.2 Å². The topological polar surface area (TPSA) is 76.5 Å². The van der Waals surface area contributed by atoms with E-state index in [1.807, 2.05) is 25.1 Å². The quantitative estimate of drug-likeness (QED) is 0.747. The minimum atomic E-state index is 0. The molecule has 7 heteroatoms. The van der Waals surface area contributed by atoms with Gasteiger partial charge >= 0.3 is 0 Å². The van der Waals surface area contributed by atoms with E-state index in [1.54, 1.807) is 26.4 Å². The van der Waals surface area contributed by atoms with Crippen LogP contribution in [0.4, 0.5) is 11.5 Å². The number of halogens is 1. The number of aryl methyl sites for hydroxylation is 1. The van der Waals surface area contributed by atoms with Gasteiger partial charge < -0.3 is 19.9 Å². The zero-order chi connectivity index (χ0) is 16.4. The van der Waals surface area contributed by atoms with Gasteiger partial charge in [-0.05, 0) is 24.6 Å². The van der Waals surface area contributed by atoms with Crippen LogP contribution in [0.1, 0.15) is 5.56 Å². The molecule has 1 heterocycles. The number of fused-ring (bicyclic) bond motifs is 1. The van der Waals surface area contributed by atoms with Crippen LogP contribution in [-0.4, -0.2) is 29.3 Å². The maximum atomic E-state index is 9.83. The molecular formula is C17H18ClN3O3. The molecule has 0 saturated carbocycles. The molecule has 6 nitrogen and oxygen atoms in total. The predicted molar refractivity (Wildman–Crippen MR) is 96.0 cm³/mol. The van der Waals surface area contributed by atoms with Gasteiger partial charge in [-0.25, -0.2) is 9.97 Å². The fourth-order valence-electron chi connectivity index (χ4n) is 2.31. The van der Waals surface area contributed by atoms with Crippen LogP contribution in [-0.2, 0) is 0 Å². The van der Waals surface area contributed by atoms with E-state index in [9.17, 15) is 5.11 Å². The maximum absolute atomic E-state index is 9.83. The lowest BCUT2D eigenvalue weighted by Crippen LogP contribution is -1.98. The highest BCUT2D eigenvalue weighted by Crippen LogP contribution is 2.34. The highest BCUT2D eigenvalue weighted by Gasteiger charge is 2.11. The first kappa shape index (κ1) is 17.6. The van der Waals surface area contributed by atoms with Crippen LogP contribution in [0, 0.1) is 6.92 Å². The Hall–Kier alpha value is -2.73. The van der Waals surface area contributed by atoms with E-state index < -0.39 is 0 Å². The number of hydrogen-bond acceptors (Lipinski definition) is 6. The Morgan fingerprint density at radius 1 is 1.00 bits per heavy atom. The van der Waals surface area contributed by atoms with Crippen molar-refractivity contribution in [1.29, 1.82) is 0 Å². The smallest absolute Gasteiger partial charge is 0.162 e. The van der Waals surface area contributed by atoms with Crippen molar-refractivity contribution in [1.82, 2.24) is 9.97 Å². The van der Waals surface area contributed by atoms with E-state index in [4.69, 9.17) is 9.47 Å². The largest absolute Gasteiger partial charge is 0.508 e. The number of hydrogen-bond donors (Lipinski definition) is 2. The zero-order valence-electron chi connectivity index (χ0n) is 13.5. The summed E-state index contributed by atoms with van der Waals surface area (Å²) in [5, 5.41) is 13.8. The third-order valence-corrected chi connectivity index (χ3v) is 3.61. The summed E-state index contributed by atoms with van der Waals surface area (Å²) in [5.41, 5.74) is 2.29. The second-order valence-corrected chi connectivity index (χ2v) is 5.07. The number of nitrogens with zero attached hydrogens (tertiary/aromatic N) is 2. The fourth-order valence-corrected chi connectivity index (χ4v) is 2.31. The van der Waals surface area contributed by atoms with E-state index in [-0.39, 0.29) is 18.2 Å². The predicted octanol–water partition coefficient (Wildman–Crippen LogP) is 3.83. The molecule has 126 valence electrons. The molecule has 2 aromatic carbocycles. The summed E-state index contributed by atoms with van der Waals surface area (Å²) in [5.74, 6) is 2.06. The van der Waals surface area contributed by atoms with Gasteiger partial charge in [0.15, 0.2) is 11.5 Å². The van der Waals surface area contributed by atoms with Gasteiger partial charge in [-0.1, -0.05) is 6.07 Å². The van der Waals surface area contributed by atoms with Crippen LogP contribution >= 0.6 is 12.4 Å². The summed E-state index contributed by atoms with van der Waals surface area (Å²) < 4.78 is 10.6. The standard InChI is InChI=1S/C17H17N3O3.ClH/c1-10-4-5-11(6-14(10)21)20-17-12-7-15(22-2)16(23-3)8-13(12)18-9-19-17;/h4-9,21H,1-3H3,(H,18,19,20);1H. The summed E-state index contributed by atoms with van der Waals surface area (Å²) in [7, 11) is 3.16. The number of aromatic nitrogens is 2. The number of aromatic hydroxyl groups is 1. The van der Waals surface area contributed by atoms with Crippen molar-refractivity contribution in [3.05, 3.63) is 42.2 Å². The number of ether oxygens (including phenoxy) is 2. The summed E-state index contributed by atoms with van der Waals surface area (Å²) >= 11 is 0. The maximum Gasteiger partial charge on any atom is 0.162 e. The lowest BCUT2D eigenvalue weighted by Gasteiger charge is -2.12. The molecular weight excluding hydrogens is 330 g/mol. The molecule has 0 fully saturated rings. The lowest BCUT2D eigenvalue weighted by molar-refractivity contribution is 0.356. The number of rotatable bonds is 4. The van der Waals surface area contributed by atoms with Gasteiger partial charge in [0.25, 0.3) is 0 Å². The molecule has 0 aliphatic rings. The van der Waals surface area contributed by atoms with Crippen LogP contribution in [0.15, 0.2) is 36.7 Å². The van der Waals surface area contributed by atoms with E-state index in [1.165, 1.54) is 6.33 Å². The third-order valence-electron chi connectivity index (χ3n) is 3.61. The van der Waals surface area contributed by atoms with Crippen LogP contribution < -0.4 is 14.8 Å². The fraction of sp³-hybridized carbons (Fsp3) is 0.176. The van der Waals surface area contributed by atoms with Crippen molar-refractivity contribution < 1.29 is 14.6 Å². The van der Waals surface area contributed by atoms with E-state index in [2.05, 4.69) is 15.3 Å². The van der Waals surface area contributed by atoms with E-state index in [0.29, 0.717) is 17.3 Å². The summed E-state index contributed by atoms with van der Waals surface area (Å²) in [6.07, 6.45) is 1.48. The van der Waals surface area contributed by atoms with Crippen molar-refractivity contribution in [3.8, 4) is 17.2 Å². The molecule has 0 bridgehead atoms. The van der Waals surface area contributed by atoms with Crippen molar-refractivity contribution in [2.75, 3.05) is 19.5 Å². The van der Waals surface area contributed by atoms with Crippen LogP contribution in [0.5, 0.6) is 17.2 Å². The molecule has 0 atom stereocenters. The third kappa shape index (κ3) is 3.28. The van der Waals surface area contributed by atoms with Gasteiger partial charge in [0, 0.05) is 23.2 Å². The van der Waals surface area contributed by atoms with Crippen molar-refractivity contribution in [2.24, 2.45) is 0 Å². The van der Waals surface area contributed by atoms with Gasteiger partial charge in [0.1, 0.15) is 17.9 Å². The van der Waals surface area contributed by atoms with Gasteiger partial charge in [-0.15, -0.1) is 12.4 Å². The molecule has 0 saturated heterocycles. The Labute approximate surface area is 145 Å². The highest BCUT2D eigenvalue weighted by molar-refractivity contribution is 5.93. The Balaban J connectivity index is 0.00000208. The molecule has 0 aliphatic heterocycles. The Kier molecular flexibility index (Phi) is 5.31. The minimum absolute atomic E-state index is 0. The number of anilines is 2. The molecule has 1 aromatic heterocycles. The number of phenolic OH excluding ortho intramolecular Hbond substituents is 1. The average Bonchev–Trinajstić information content (AvgIpc) is 2.57.